The maximum Gasteiger partial charge on any atom is 0.267 e. The summed E-state index contributed by atoms with van der Waals surface area (Å²) in [4.78, 5) is 27.2. The molecule has 0 spiro atoms. The van der Waals surface area contributed by atoms with Crippen LogP contribution in [0, 0.1) is 6.92 Å². The number of rotatable bonds is 6. The summed E-state index contributed by atoms with van der Waals surface area (Å²) in [6.07, 6.45) is 3.46. The van der Waals surface area contributed by atoms with Gasteiger partial charge in [-0.15, -0.1) is 0 Å². The number of H-pyrrole nitrogens is 1. The number of aryl methyl sites for hydroxylation is 1. The zero-order valence-electron chi connectivity index (χ0n) is 17.3. The van der Waals surface area contributed by atoms with Crippen molar-refractivity contribution in [3.8, 4) is 11.4 Å². The molecule has 162 valence electrons. The van der Waals surface area contributed by atoms with Crippen molar-refractivity contribution in [3.05, 3.63) is 59.7 Å². The van der Waals surface area contributed by atoms with Gasteiger partial charge in [0.05, 0.1) is 11.7 Å². The highest BCUT2D eigenvalue weighted by atomic mass is 16.5. The molecule has 5 heterocycles. The zero-order chi connectivity index (χ0) is 22.1. The van der Waals surface area contributed by atoms with Crippen LogP contribution < -0.4 is 16.0 Å². The van der Waals surface area contributed by atoms with Gasteiger partial charge in [-0.05, 0) is 31.9 Å². The monoisotopic (exact) mass is 431 g/mol. The maximum absolute atomic E-state index is 11.9. The van der Waals surface area contributed by atoms with Crippen LogP contribution >= 0.6 is 0 Å². The van der Waals surface area contributed by atoms with Crippen molar-refractivity contribution in [1.29, 1.82) is 0 Å². The van der Waals surface area contributed by atoms with Gasteiger partial charge in [-0.25, -0.2) is 4.98 Å². The summed E-state index contributed by atoms with van der Waals surface area (Å²) >= 11 is 0. The highest BCUT2D eigenvalue weighted by molar-refractivity contribution is 5.92. The average Bonchev–Trinajstić information content (AvgIpc) is 3.55. The van der Waals surface area contributed by atoms with Gasteiger partial charge >= 0.3 is 0 Å². The third-order valence-corrected chi connectivity index (χ3v) is 5.22. The Morgan fingerprint density at radius 1 is 1.22 bits per heavy atom. The molecule has 1 aliphatic heterocycles. The van der Waals surface area contributed by atoms with Crippen molar-refractivity contribution >= 4 is 23.5 Å². The summed E-state index contributed by atoms with van der Waals surface area (Å²) in [5.41, 5.74) is 7.93. The summed E-state index contributed by atoms with van der Waals surface area (Å²) in [6, 6.07) is 10.7. The fraction of sp³-hybridized carbons (Fsp3) is 0.238. The predicted molar refractivity (Wildman–Crippen MR) is 116 cm³/mol. The van der Waals surface area contributed by atoms with E-state index in [1.54, 1.807) is 6.20 Å². The van der Waals surface area contributed by atoms with Crippen LogP contribution in [0.4, 0.5) is 17.6 Å². The summed E-state index contributed by atoms with van der Waals surface area (Å²) in [6.45, 7) is 2.59. The van der Waals surface area contributed by atoms with Gasteiger partial charge in [0.15, 0.2) is 11.6 Å². The van der Waals surface area contributed by atoms with Gasteiger partial charge in [0, 0.05) is 36.6 Å². The molecule has 32 heavy (non-hydrogen) atoms. The molecule has 1 saturated heterocycles. The van der Waals surface area contributed by atoms with Gasteiger partial charge in [0.1, 0.15) is 17.2 Å². The lowest BCUT2D eigenvalue weighted by Gasteiger charge is -2.23. The standard InChI is InChI=1S/C21H21N9O2/c1-12-9-19(28-27-12)25-18-11-15(20(22)31)24-21(26-18)30-8-4-6-16(30)17-10-14(29-32-17)13-5-2-3-7-23-13/h2-3,5,7,9-11,16H,4,6,8H2,1H3,(H2,22,31)(H2,24,25,26,27,28)/t16-/m0/s1. The van der Waals surface area contributed by atoms with E-state index in [0.29, 0.717) is 35.6 Å². The quantitative estimate of drug-likeness (QED) is 0.418. The van der Waals surface area contributed by atoms with Crippen molar-refractivity contribution in [2.45, 2.75) is 25.8 Å². The van der Waals surface area contributed by atoms with Crippen LogP contribution in [0.15, 0.2) is 47.1 Å². The number of amides is 1. The summed E-state index contributed by atoms with van der Waals surface area (Å²) < 4.78 is 5.65. The van der Waals surface area contributed by atoms with Crippen molar-refractivity contribution in [2.75, 3.05) is 16.8 Å². The molecule has 0 aromatic carbocycles. The lowest BCUT2D eigenvalue weighted by molar-refractivity contribution is 0.0995. The predicted octanol–water partition coefficient (Wildman–Crippen LogP) is 2.74. The molecule has 4 aromatic rings. The zero-order valence-corrected chi connectivity index (χ0v) is 17.3. The number of carbonyl (C=O) groups excluding carboxylic acids is 1. The highest BCUT2D eigenvalue weighted by Crippen LogP contribution is 2.36. The molecule has 0 radical (unpaired) electrons. The first-order chi connectivity index (χ1) is 15.6. The largest absolute Gasteiger partial charge is 0.364 e. The molecule has 0 saturated carbocycles. The normalized spacial score (nSPS) is 15.8. The number of carbonyl (C=O) groups is 1. The fourth-order valence-electron chi connectivity index (χ4n) is 3.75. The minimum absolute atomic E-state index is 0.113. The second kappa shape index (κ2) is 8.10. The summed E-state index contributed by atoms with van der Waals surface area (Å²) in [5, 5.41) is 14.3. The van der Waals surface area contributed by atoms with Gasteiger partial charge in [-0.3, -0.25) is 14.9 Å². The number of nitrogens with zero attached hydrogens (tertiary/aromatic N) is 6. The number of nitrogens with two attached hydrogens (primary N) is 1. The number of pyridine rings is 1. The van der Waals surface area contributed by atoms with E-state index in [1.807, 2.05) is 42.2 Å². The molecular formula is C21H21N9O2. The molecule has 4 N–H and O–H groups in total. The van der Waals surface area contributed by atoms with Crippen LogP contribution in [-0.2, 0) is 0 Å². The smallest absolute Gasteiger partial charge is 0.267 e. The van der Waals surface area contributed by atoms with Crippen LogP contribution in [0.1, 0.15) is 40.8 Å². The fourth-order valence-corrected chi connectivity index (χ4v) is 3.75. The summed E-state index contributed by atoms with van der Waals surface area (Å²) in [7, 11) is 0. The Balaban J connectivity index is 1.46. The lowest BCUT2D eigenvalue weighted by atomic mass is 10.1. The van der Waals surface area contributed by atoms with Gasteiger partial charge < -0.3 is 20.5 Å². The number of aromatic nitrogens is 6. The van der Waals surface area contributed by atoms with E-state index in [4.69, 9.17) is 10.3 Å². The number of nitrogens with one attached hydrogen (secondary N) is 2. The SMILES string of the molecule is Cc1cc(Nc2cc(C(N)=O)nc(N3CCC[C@H]3c3cc(-c4ccccn4)no3)n2)n[nH]1. The number of anilines is 3. The first kappa shape index (κ1) is 19.7. The van der Waals surface area contributed by atoms with Gasteiger partial charge in [0.25, 0.3) is 5.91 Å². The lowest BCUT2D eigenvalue weighted by Crippen LogP contribution is -2.26. The average molecular weight is 431 g/mol. The van der Waals surface area contributed by atoms with Crippen molar-refractivity contribution in [3.63, 3.8) is 0 Å². The Morgan fingerprint density at radius 2 is 2.12 bits per heavy atom. The molecule has 5 rings (SSSR count). The Kier molecular flexibility index (Phi) is 4.98. The van der Waals surface area contributed by atoms with Gasteiger partial charge in [-0.1, -0.05) is 11.2 Å². The molecule has 0 unspecified atom stereocenters. The molecule has 1 aliphatic rings. The third kappa shape index (κ3) is 3.87. The number of hydrogen-bond donors (Lipinski definition) is 3. The topological polar surface area (TPSA) is 152 Å². The highest BCUT2D eigenvalue weighted by Gasteiger charge is 2.32. The molecule has 4 aromatic heterocycles. The van der Waals surface area contributed by atoms with E-state index in [1.165, 1.54) is 6.07 Å². The Morgan fingerprint density at radius 3 is 2.88 bits per heavy atom. The van der Waals surface area contributed by atoms with Crippen LogP contribution in [0.2, 0.25) is 0 Å². The number of hydrogen-bond acceptors (Lipinski definition) is 9. The maximum atomic E-state index is 11.9. The Labute approximate surface area is 183 Å². The van der Waals surface area contributed by atoms with E-state index < -0.39 is 5.91 Å². The first-order valence-corrected chi connectivity index (χ1v) is 10.2. The summed E-state index contributed by atoms with van der Waals surface area (Å²) in [5.74, 6) is 1.44. The van der Waals surface area contributed by atoms with Crippen molar-refractivity contribution < 1.29 is 9.32 Å². The minimum Gasteiger partial charge on any atom is -0.364 e. The molecule has 0 bridgehead atoms. The second-order valence-corrected chi connectivity index (χ2v) is 7.54. The minimum atomic E-state index is -0.636. The Bertz CT molecular complexity index is 1250. The molecule has 11 nitrogen and oxygen atoms in total. The Hall–Kier alpha value is -4.28. The van der Waals surface area contributed by atoms with Crippen molar-refractivity contribution in [1.82, 2.24) is 30.3 Å². The molecule has 1 amide bonds. The second-order valence-electron chi connectivity index (χ2n) is 7.54. The molecule has 1 atom stereocenters. The first-order valence-electron chi connectivity index (χ1n) is 10.2. The van der Waals surface area contributed by atoms with Crippen LogP contribution in [0.3, 0.4) is 0 Å². The van der Waals surface area contributed by atoms with Gasteiger partial charge in [-0.2, -0.15) is 10.1 Å². The van der Waals surface area contributed by atoms with E-state index in [-0.39, 0.29) is 11.7 Å². The van der Waals surface area contributed by atoms with Crippen LogP contribution in [-0.4, -0.2) is 42.8 Å². The van der Waals surface area contributed by atoms with E-state index in [0.717, 1.165) is 24.2 Å². The third-order valence-electron chi connectivity index (χ3n) is 5.22. The molecular weight excluding hydrogens is 410 g/mol. The molecule has 0 aliphatic carbocycles. The van der Waals surface area contributed by atoms with E-state index >= 15 is 0 Å². The van der Waals surface area contributed by atoms with Crippen LogP contribution in [0.25, 0.3) is 11.4 Å². The van der Waals surface area contributed by atoms with Crippen LogP contribution in [0.5, 0.6) is 0 Å². The van der Waals surface area contributed by atoms with Gasteiger partial charge in [0.2, 0.25) is 5.95 Å². The van der Waals surface area contributed by atoms with E-state index in [2.05, 4.69) is 35.6 Å². The molecule has 1 fully saturated rings. The number of aromatic amines is 1. The van der Waals surface area contributed by atoms with E-state index in [9.17, 15) is 4.79 Å². The molecule has 11 heteroatoms. The number of primary amides is 1. The van der Waals surface area contributed by atoms with Crippen molar-refractivity contribution in [2.24, 2.45) is 5.73 Å².